The van der Waals surface area contributed by atoms with Gasteiger partial charge in [0.25, 0.3) is 5.91 Å². The highest BCUT2D eigenvalue weighted by molar-refractivity contribution is 7.13. The number of aromatic nitrogens is 1. The van der Waals surface area contributed by atoms with E-state index in [4.69, 9.17) is 10.5 Å². The maximum absolute atomic E-state index is 12.3. The summed E-state index contributed by atoms with van der Waals surface area (Å²) in [7, 11) is 1.63. The first-order valence-corrected chi connectivity index (χ1v) is 7.70. The molecule has 8 heteroatoms. The van der Waals surface area contributed by atoms with Crippen molar-refractivity contribution in [1.29, 1.82) is 0 Å². The van der Waals surface area contributed by atoms with Crippen LogP contribution in [-0.2, 0) is 0 Å². The monoisotopic (exact) mass is 375 g/mol. The minimum Gasteiger partial charge on any atom is -0.497 e. The minimum atomic E-state index is -0.0287. The van der Waals surface area contributed by atoms with Crippen LogP contribution in [0.4, 0.5) is 0 Å². The van der Waals surface area contributed by atoms with Gasteiger partial charge in [-0.1, -0.05) is 0 Å². The molecule has 1 amide bonds. The highest BCUT2D eigenvalue weighted by atomic mass is 35.5. The Morgan fingerprint density at radius 2 is 2.04 bits per heavy atom. The number of rotatable bonds is 3. The molecule has 1 aliphatic rings. The van der Waals surface area contributed by atoms with Gasteiger partial charge in [-0.05, 0) is 30.7 Å². The fraction of sp³-hybridized carbons (Fsp3) is 0.333. The van der Waals surface area contributed by atoms with Crippen molar-refractivity contribution in [2.75, 3.05) is 20.2 Å². The summed E-state index contributed by atoms with van der Waals surface area (Å²) in [6.45, 7) is 1.34. The number of carbonyl (C=O) groups excluding carboxylic acids is 1. The quantitative estimate of drug-likeness (QED) is 0.895. The maximum atomic E-state index is 12.3. The lowest BCUT2D eigenvalue weighted by atomic mass is 10.2. The van der Waals surface area contributed by atoms with Crippen molar-refractivity contribution in [2.24, 2.45) is 5.73 Å². The molecule has 5 nitrogen and oxygen atoms in total. The van der Waals surface area contributed by atoms with Crippen LogP contribution in [0.3, 0.4) is 0 Å². The Kier molecular flexibility index (Phi) is 7.28. The van der Waals surface area contributed by atoms with E-state index in [0.29, 0.717) is 12.2 Å². The molecule has 23 heavy (non-hydrogen) atoms. The number of methoxy groups -OCH3 is 1. The molecule has 1 aromatic carbocycles. The van der Waals surface area contributed by atoms with Crippen LogP contribution in [0.15, 0.2) is 29.6 Å². The van der Waals surface area contributed by atoms with Gasteiger partial charge in [0, 0.05) is 30.1 Å². The topological polar surface area (TPSA) is 68.5 Å². The molecule has 0 radical (unpaired) electrons. The van der Waals surface area contributed by atoms with Gasteiger partial charge in [0.05, 0.1) is 7.11 Å². The van der Waals surface area contributed by atoms with Crippen molar-refractivity contribution in [2.45, 2.75) is 12.5 Å². The Bertz CT molecular complexity index is 648. The molecule has 0 bridgehead atoms. The van der Waals surface area contributed by atoms with Crippen LogP contribution in [0.1, 0.15) is 16.9 Å². The van der Waals surface area contributed by atoms with E-state index < -0.39 is 0 Å². The van der Waals surface area contributed by atoms with Crippen molar-refractivity contribution in [3.63, 3.8) is 0 Å². The van der Waals surface area contributed by atoms with E-state index in [0.717, 1.165) is 29.3 Å². The van der Waals surface area contributed by atoms with Crippen molar-refractivity contribution in [3.05, 3.63) is 35.3 Å². The predicted octanol–water partition coefficient (Wildman–Crippen LogP) is 2.84. The summed E-state index contributed by atoms with van der Waals surface area (Å²) in [5.74, 6) is 0.775. The van der Waals surface area contributed by atoms with Crippen molar-refractivity contribution in [3.8, 4) is 16.3 Å². The summed E-state index contributed by atoms with van der Waals surface area (Å²) in [4.78, 5) is 18.6. The highest BCUT2D eigenvalue weighted by Crippen LogP contribution is 2.26. The maximum Gasteiger partial charge on any atom is 0.273 e. The number of carbonyl (C=O) groups is 1. The van der Waals surface area contributed by atoms with E-state index >= 15 is 0 Å². The third-order valence-corrected chi connectivity index (χ3v) is 4.46. The molecule has 126 valence electrons. The molecule has 3 rings (SSSR count). The molecule has 0 saturated carbocycles. The number of ether oxygens (including phenoxy) is 1. The SMILES string of the molecule is COc1ccc(-c2nc(C(=O)N3CC[C@@H](N)C3)cs2)cc1.Cl.Cl. The van der Waals surface area contributed by atoms with Crippen molar-refractivity contribution >= 4 is 42.1 Å². The second-order valence-electron chi connectivity index (χ2n) is 5.07. The van der Waals surface area contributed by atoms with Gasteiger partial charge in [-0.25, -0.2) is 4.98 Å². The Morgan fingerprint density at radius 3 is 2.61 bits per heavy atom. The third-order valence-electron chi connectivity index (χ3n) is 3.57. The number of likely N-dealkylation sites (tertiary alicyclic amines) is 1. The predicted molar refractivity (Wildman–Crippen MR) is 97.1 cm³/mol. The first-order chi connectivity index (χ1) is 10.2. The summed E-state index contributed by atoms with van der Waals surface area (Å²) in [6.07, 6.45) is 0.862. The van der Waals surface area contributed by atoms with Crippen molar-refractivity contribution in [1.82, 2.24) is 9.88 Å². The fourth-order valence-electron chi connectivity index (χ4n) is 2.37. The van der Waals surface area contributed by atoms with Gasteiger partial charge in [-0.3, -0.25) is 4.79 Å². The van der Waals surface area contributed by atoms with E-state index in [9.17, 15) is 4.79 Å². The second-order valence-corrected chi connectivity index (χ2v) is 5.92. The minimum absolute atomic E-state index is 0. The van der Waals surface area contributed by atoms with Crippen LogP contribution in [0.5, 0.6) is 5.75 Å². The van der Waals surface area contributed by atoms with Crippen molar-refractivity contribution < 1.29 is 9.53 Å². The largest absolute Gasteiger partial charge is 0.497 e. The average molecular weight is 376 g/mol. The zero-order valence-corrected chi connectivity index (χ0v) is 15.0. The van der Waals surface area contributed by atoms with E-state index in [2.05, 4.69) is 4.98 Å². The number of thiazole rings is 1. The zero-order chi connectivity index (χ0) is 14.8. The number of benzene rings is 1. The Hall–Kier alpha value is -1.34. The molecule has 0 spiro atoms. The lowest BCUT2D eigenvalue weighted by Crippen LogP contribution is -2.32. The second kappa shape index (κ2) is 8.49. The molecule has 1 saturated heterocycles. The van der Waals surface area contributed by atoms with Gasteiger partial charge in [0.2, 0.25) is 0 Å². The standard InChI is InChI=1S/C15H17N3O2S.2ClH/c1-20-12-4-2-10(3-5-12)14-17-13(9-21-14)15(19)18-7-6-11(16)8-18;;/h2-5,9,11H,6-8,16H2,1H3;2*1H/t11-;;/m1../s1. The molecule has 1 fully saturated rings. The summed E-state index contributed by atoms with van der Waals surface area (Å²) >= 11 is 1.47. The van der Waals surface area contributed by atoms with Gasteiger partial charge in [0.1, 0.15) is 16.5 Å². The zero-order valence-electron chi connectivity index (χ0n) is 12.6. The molecule has 2 heterocycles. The van der Waals surface area contributed by atoms with Crippen LogP contribution in [-0.4, -0.2) is 42.0 Å². The van der Waals surface area contributed by atoms with Gasteiger partial charge in [-0.2, -0.15) is 0 Å². The van der Waals surface area contributed by atoms with E-state index in [-0.39, 0.29) is 36.8 Å². The first-order valence-electron chi connectivity index (χ1n) is 6.82. The molecule has 0 aliphatic carbocycles. The first kappa shape index (κ1) is 19.7. The molecule has 1 atom stereocenters. The van der Waals surface area contributed by atoms with E-state index in [1.54, 1.807) is 12.0 Å². The summed E-state index contributed by atoms with van der Waals surface area (Å²) in [6, 6.07) is 7.75. The lowest BCUT2D eigenvalue weighted by molar-refractivity contribution is 0.0786. The average Bonchev–Trinajstić information content (AvgIpc) is 3.16. The van der Waals surface area contributed by atoms with Gasteiger partial charge in [-0.15, -0.1) is 36.2 Å². The van der Waals surface area contributed by atoms with Crippen LogP contribution in [0, 0.1) is 0 Å². The molecule has 2 aromatic rings. The van der Waals surface area contributed by atoms with Crippen LogP contribution in [0.25, 0.3) is 10.6 Å². The molecule has 1 aliphatic heterocycles. The highest BCUT2D eigenvalue weighted by Gasteiger charge is 2.26. The normalized spacial score (nSPS) is 16.4. The number of nitrogens with two attached hydrogens (primary N) is 1. The third kappa shape index (κ3) is 4.35. The molecular formula is C15H19Cl2N3O2S. The molecule has 0 unspecified atom stereocenters. The van der Waals surface area contributed by atoms with Crippen LogP contribution < -0.4 is 10.5 Å². The summed E-state index contributed by atoms with van der Waals surface area (Å²) in [5, 5.41) is 2.65. The summed E-state index contributed by atoms with van der Waals surface area (Å²) in [5.41, 5.74) is 7.33. The van der Waals surface area contributed by atoms with Crippen LogP contribution in [0.2, 0.25) is 0 Å². The lowest BCUT2D eigenvalue weighted by Gasteiger charge is -2.13. The molecule has 1 aromatic heterocycles. The molecule has 2 N–H and O–H groups in total. The Balaban J connectivity index is 0.00000132. The number of nitrogens with zero attached hydrogens (tertiary/aromatic N) is 2. The van der Waals surface area contributed by atoms with E-state index in [1.165, 1.54) is 11.3 Å². The number of amides is 1. The van der Waals surface area contributed by atoms with Gasteiger partial charge >= 0.3 is 0 Å². The van der Waals surface area contributed by atoms with Crippen LogP contribution >= 0.6 is 36.2 Å². The van der Waals surface area contributed by atoms with Gasteiger partial charge in [0.15, 0.2) is 0 Å². The number of hydrogen-bond acceptors (Lipinski definition) is 5. The smallest absolute Gasteiger partial charge is 0.273 e. The van der Waals surface area contributed by atoms with E-state index in [1.807, 2.05) is 29.6 Å². The molecular weight excluding hydrogens is 357 g/mol. The number of halogens is 2. The number of hydrogen-bond donors (Lipinski definition) is 1. The summed E-state index contributed by atoms with van der Waals surface area (Å²) < 4.78 is 5.14. The Labute approximate surface area is 151 Å². The Morgan fingerprint density at radius 1 is 1.35 bits per heavy atom. The fourth-order valence-corrected chi connectivity index (χ4v) is 3.17. The van der Waals surface area contributed by atoms with Gasteiger partial charge < -0.3 is 15.4 Å².